The van der Waals surface area contributed by atoms with E-state index in [9.17, 15) is 8.42 Å². The molecule has 0 spiro atoms. The van der Waals surface area contributed by atoms with Crippen molar-refractivity contribution >= 4 is 15.7 Å². The number of benzene rings is 2. The number of nitriles is 1. The zero-order valence-electron chi connectivity index (χ0n) is 12.1. The Labute approximate surface area is 125 Å². The summed E-state index contributed by atoms with van der Waals surface area (Å²) in [4.78, 5) is 0.215. The van der Waals surface area contributed by atoms with Gasteiger partial charge in [-0.15, -0.1) is 0 Å². The van der Waals surface area contributed by atoms with E-state index in [4.69, 9.17) is 5.26 Å². The highest BCUT2D eigenvalue weighted by atomic mass is 32.2. The van der Waals surface area contributed by atoms with E-state index in [-0.39, 0.29) is 4.90 Å². The first-order valence-corrected chi connectivity index (χ1v) is 7.92. The third kappa shape index (κ3) is 3.23. The summed E-state index contributed by atoms with van der Waals surface area (Å²) in [5.41, 5.74) is 3.56. The quantitative estimate of drug-likeness (QED) is 0.945. The lowest BCUT2D eigenvalue weighted by Gasteiger charge is -2.12. The van der Waals surface area contributed by atoms with Crippen LogP contribution in [0.4, 0.5) is 5.69 Å². The van der Waals surface area contributed by atoms with Crippen molar-refractivity contribution in [1.82, 2.24) is 0 Å². The first-order chi connectivity index (χ1) is 9.83. The van der Waals surface area contributed by atoms with E-state index in [1.807, 2.05) is 19.9 Å². The van der Waals surface area contributed by atoms with Gasteiger partial charge in [0.05, 0.1) is 22.2 Å². The molecule has 0 saturated carbocycles. The van der Waals surface area contributed by atoms with Gasteiger partial charge in [-0.1, -0.05) is 12.1 Å². The highest BCUT2D eigenvalue weighted by Gasteiger charge is 2.16. The first-order valence-electron chi connectivity index (χ1n) is 6.44. The van der Waals surface area contributed by atoms with E-state index < -0.39 is 10.0 Å². The number of sulfonamides is 1. The maximum atomic E-state index is 12.4. The molecule has 108 valence electrons. The summed E-state index contributed by atoms with van der Waals surface area (Å²) in [5, 5.41) is 8.91. The van der Waals surface area contributed by atoms with E-state index in [0.29, 0.717) is 11.3 Å². The largest absolute Gasteiger partial charge is 0.279 e. The van der Waals surface area contributed by atoms with Crippen LogP contribution < -0.4 is 4.72 Å². The molecule has 2 aromatic rings. The number of anilines is 1. The molecule has 0 saturated heterocycles. The van der Waals surface area contributed by atoms with Gasteiger partial charge in [0.25, 0.3) is 10.0 Å². The maximum Gasteiger partial charge on any atom is 0.261 e. The number of hydrogen-bond acceptors (Lipinski definition) is 3. The number of hydrogen-bond donors (Lipinski definition) is 1. The minimum Gasteiger partial charge on any atom is -0.279 e. The minimum atomic E-state index is -3.66. The predicted octanol–water partition coefficient (Wildman–Crippen LogP) is 3.28. The van der Waals surface area contributed by atoms with Gasteiger partial charge >= 0.3 is 0 Å². The Morgan fingerprint density at radius 3 is 2.24 bits per heavy atom. The molecule has 0 bridgehead atoms. The SMILES string of the molecule is Cc1ccc(S(=O)(=O)Nc2cc(C#N)ccc2C)cc1C. The molecule has 2 aromatic carbocycles. The summed E-state index contributed by atoms with van der Waals surface area (Å²) in [6, 6.07) is 11.9. The second-order valence-corrected chi connectivity index (χ2v) is 6.68. The van der Waals surface area contributed by atoms with E-state index in [0.717, 1.165) is 16.7 Å². The van der Waals surface area contributed by atoms with Gasteiger partial charge in [-0.2, -0.15) is 5.26 Å². The average molecular weight is 300 g/mol. The molecule has 0 heterocycles. The molecule has 0 atom stereocenters. The standard InChI is InChI=1S/C16H16N2O2S/c1-11-5-7-15(8-13(11)3)21(19,20)18-16-9-14(10-17)6-4-12(16)2/h4-9,18H,1-3H3. The number of aryl methyl sites for hydroxylation is 3. The van der Waals surface area contributed by atoms with E-state index >= 15 is 0 Å². The van der Waals surface area contributed by atoms with Crippen molar-refractivity contribution in [3.8, 4) is 6.07 Å². The molecule has 1 N–H and O–H groups in total. The van der Waals surface area contributed by atoms with E-state index in [1.165, 1.54) is 6.07 Å². The van der Waals surface area contributed by atoms with Crippen molar-refractivity contribution in [1.29, 1.82) is 5.26 Å². The number of rotatable bonds is 3. The van der Waals surface area contributed by atoms with Crippen LogP contribution in [-0.2, 0) is 10.0 Å². The first kappa shape index (κ1) is 15.1. The highest BCUT2D eigenvalue weighted by Crippen LogP contribution is 2.22. The second kappa shape index (κ2) is 5.58. The predicted molar refractivity (Wildman–Crippen MR) is 82.6 cm³/mol. The zero-order valence-corrected chi connectivity index (χ0v) is 13.0. The van der Waals surface area contributed by atoms with Crippen LogP contribution in [0.25, 0.3) is 0 Å². The van der Waals surface area contributed by atoms with Gasteiger partial charge in [-0.25, -0.2) is 8.42 Å². The van der Waals surface area contributed by atoms with Gasteiger partial charge < -0.3 is 0 Å². The van der Waals surface area contributed by atoms with Gasteiger partial charge in [-0.3, -0.25) is 4.72 Å². The van der Waals surface area contributed by atoms with Gasteiger partial charge in [0.15, 0.2) is 0 Å². The molecule has 0 aliphatic carbocycles. The van der Waals surface area contributed by atoms with Crippen LogP contribution >= 0.6 is 0 Å². The molecule has 0 amide bonds. The minimum absolute atomic E-state index is 0.215. The van der Waals surface area contributed by atoms with Crippen LogP contribution in [0.2, 0.25) is 0 Å². The normalized spacial score (nSPS) is 11.0. The van der Waals surface area contributed by atoms with Crippen LogP contribution in [0.5, 0.6) is 0 Å². The molecular weight excluding hydrogens is 284 g/mol. The average Bonchev–Trinajstić information content (AvgIpc) is 2.44. The number of nitrogens with zero attached hydrogens (tertiary/aromatic N) is 1. The molecule has 4 nitrogen and oxygen atoms in total. The molecule has 0 unspecified atom stereocenters. The Hall–Kier alpha value is -2.32. The summed E-state index contributed by atoms with van der Waals surface area (Å²) in [7, 11) is -3.66. The molecular formula is C16H16N2O2S. The van der Waals surface area contributed by atoms with E-state index in [2.05, 4.69) is 4.72 Å². The molecule has 0 aliphatic rings. The van der Waals surface area contributed by atoms with Crippen LogP contribution in [-0.4, -0.2) is 8.42 Å². The summed E-state index contributed by atoms with van der Waals surface area (Å²) in [6.45, 7) is 5.59. The Morgan fingerprint density at radius 1 is 0.952 bits per heavy atom. The Bertz CT molecular complexity index is 834. The lowest BCUT2D eigenvalue weighted by atomic mass is 10.1. The molecule has 0 aromatic heterocycles. The topological polar surface area (TPSA) is 70.0 Å². The summed E-state index contributed by atoms with van der Waals surface area (Å²) in [6.07, 6.45) is 0. The summed E-state index contributed by atoms with van der Waals surface area (Å²) < 4.78 is 27.4. The Morgan fingerprint density at radius 2 is 1.62 bits per heavy atom. The van der Waals surface area contributed by atoms with Crippen molar-refractivity contribution < 1.29 is 8.42 Å². The van der Waals surface area contributed by atoms with E-state index in [1.54, 1.807) is 37.3 Å². The fourth-order valence-corrected chi connectivity index (χ4v) is 3.09. The zero-order chi connectivity index (χ0) is 15.6. The lowest BCUT2D eigenvalue weighted by molar-refractivity contribution is 0.601. The molecule has 21 heavy (non-hydrogen) atoms. The monoisotopic (exact) mass is 300 g/mol. The Balaban J connectivity index is 2.42. The van der Waals surface area contributed by atoms with Crippen molar-refractivity contribution in [2.75, 3.05) is 4.72 Å². The van der Waals surface area contributed by atoms with Crippen LogP contribution in [0, 0.1) is 32.1 Å². The van der Waals surface area contributed by atoms with Crippen molar-refractivity contribution in [2.45, 2.75) is 25.7 Å². The number of nitrogens with one attached hydrogen (secondary N) is 1. The van der Waals surface area contributed by atoms with Crippen LogP contribution in [0.3, 0.4) is 0 Å². The molecule has 2 rings (SSSR count). The fourth-order valence-electron chi connectivity index (χ4n) is 1.89. The third-order valence-electron chi connectivity index (χ3n) is 3.40. The lowest BCUT2D eigenvalue weighted by Crippen LogP contribution is -2.14. The Kier molecular flexibility index (Phi) is 4.01. The van der Waals surface area contributed by atoms with Gasteiger partial charge in [-0.05, 0) is 61.7 Å². The highest BCUT2D eigenvalue weighted by molar-refractivity contribution is 7.92. The second-order valence-electron chi connectivity index (χ2n) is 4.99. The van der Waals surface area contributed by atoms with Crippen LogP contribution in [0.1, 0.15) is 22.3 Å². The molecule has 0 fully saturated rings. The van der Waals surface area contributed by atoms with Crippen molar-refractivity contribution in [2.24, 2.45) is 0 Å². The molecule has 0 radical (unpaired) electrons. The molecule has 5 heteroatoms. The summed E-state index contributed by atoms with van der Waals surface area (Å²) >= 11 is 0. The molecule has 0 aliphatic heterocycles. The van der Waals surface area contributed by atoms with Gasteiger partial charge in [0, 0.05) is 0 Å². The third-order valence-corrected chi connectivity index (χ3v) is 4.76. The van der Waals surface area contributed by atoms with Crippen LogP contribution in [0.15, 0.2) is 41.3 Å². The van der Waals surface area contributed by atoms with Gasteiger partial charge in [0.2, 0.25) is 0 Å². The fraction of sp³-hybridized carbons (Fsp3) is 0.188. The maximum absolute atomic E-state index is 12.4. The summed E-state index contributed by atoms with van der Waals surface area (Å²) in [5.74, 6) is 0. The van der Waals surface area contributed by atoms with Crippen molar-refractivity contribution in [3.63, 3.8) is 0 Å². The smallest absolute Gasteiger partial charge is 0.261 e. The van der Waals surface area contributed by atoms with Crippen molar-refractivity contribution in [3.05, 3.63) is 58.7 Å². The van der Waals surface area contributed by atoms with Gasteiger partial charge in [0.1, 0.15) is 0 Å².